The van der Waals surface area contributed by atoms with Gasteiger partial charge in [0.2, 0.25) is 5.91 Å². The number of morpholine rings is 1. The first kappa shape index (κ1) is 22.9. The van der Waals surface area contributed by atoms with E-state index in [0.717, 1.165) is 68.7 Å². The lowest BCUT2D eigenvalue weighted by atomic mass is 10.2. The van der Waals surface area contributed by atoms with E-state index in [2.05, 4.69) is 34.2 Å². The Morgan fingerprint density at radius 3 is 2.39 bits per heavy atom. The van der Waals surface area contributed by atoms with Gasteiger partial charge in [-0.2, -0.15) is 0 Å². The third-order valence-corrected chi connectivity index (χ3v) is 5.29. The van der Waals surface area contributed by atoms with E-state index in [0.29, 0.717) is 13.2 Å². The summed E-state index contributed by atoms with van der Waals surface area (Å²) in [5, 5.41) is 3.00. The zero-order valence-corrected chi connectivity index (χ0v) is 18.5. The van der Waals surface area contributed by atoms with Gasteiger partial charge in [0.25, 0.3) is 0 Å². The van der Waals surface area contributed by atoms with Crippen LogP contribution in [0.25, 0.3) is 0 Å². The number of anilines is 2. The van der Waals surface area contributed by atoms with Crippen molar-refractivity contribution in [2.24, 2.45) is 0 Å². The third kappa shape index (κ3) is 7.45. The number of ether oxygens (including phenoxy) is 3. The van der Waals surface area contributed by atoms with Gasteiger partial charge in [-0.1, -0.05) is 6.92 Å². The van der Waals surface area contributed by atoms with Crippen molar-refractivity contribution < 1.29 is 19.0 Å². The summed E-state index contributed by atoms with van der Waals surface area (Å²) in [5.74, 6) is 1.63. The normalized spacial score (nSPS) is 13.8. The topological polar surface area (TPSA) is 63.3 Å². The van der Waals surface area contributed by atoms with Crippen LogP contribution < -0.4 is 19.7 Å². The molecule has 1 fully saturated rings. The summed E-state index contributed by atoms with van der Waals surface area (Å²) in [6.45, 7) is 7.97. The molecule has 1 saturated heterocycles. The quantitative estimate of drug-likeness (QED) is 0.556. The van der Waals surface area contributed by atoms with Gasteiger partial charge < -0.3 is 24.4 Å². The molecule has 7 nitrogen and oxygen atoms in total. The molecule has 0 bridgehead atoms. The maximum absolute atomic E-state index is 12.5. The molecule has 0 aromatic heterocycles. The van der Waals surface area contributed by atoms with Crippen LogP contribution in [0.4, 0.5) is 11.4 Å². The zero-order valence-electron chi connectivity index (χ0n) is 18.5. The fraction of sp³-hybridized carbons (Fsp3) is 0.458. The third-order valence-electron chi connectivity index (χ3n) is 5.29. The molecule has 1 N–H and O–H groups in total. The molecule has 0 radical (unpaired) electrons. The van der Waals surface area contributed by atoms with Gasteiger partial charge >= 0.3 is 0 Å². The number of carbonyl (C=O) groups is 1. The predicted molar refractivity (Wildman–Crippen MR) is 123 cm³/mol. The van der Waals surface area contributed by atoms with Gasteiger partial charge in [0, 0.05) is 31.0 Å². The Kier molecular flexibility index (Phi) is 8.99. The van der Waals surface area contributed by atoms with Gasteiger partial charge in [-0.15, -0.1) is 0 Å². The Hall–Kier alpha value is -2.77. The average molecular weight is 428 g/mol. The number of benzene rings is 2. The predicted octanol–water partition coefficient (Wildman–Crippen LogP) is 3.26. The van der Waals surface area contributed by atoms with E-state index >= 15 is 0 Å². The molecular formula is C24H33N3O4. The smallest absolute Gasteiger partial charge is 0.238 e. The highest BCUT2D eigenvalue weighted by Gasteiger charge is 2.12. The second kappa shape index (κ2) is 12.2. The first-order valence-electron chi connectivity index (χ1n) is 10.9. The first-order valence-corrected chi connectivity index (χ1v) is 10.9. The van der Waals surface area contributed by atoms with Crippen LogP contribution >= 0.6 is 0 Å². The van der Waals surface area contributed by atoms with Crippen LogP contribution in [0, 0.1) is 0 Å². The number of amides is 1. The number of likely N-dealkylation sites (N-methyl/N-ethyl adjacent to an activating group) is 1. The number of nitrogens with zero attached hydrogens (tertiary/aromatic N) is 2. The first-order chi connectivity index (χ1) is 15.2. The molecule has 0 atom stereocenters. The van der Waals surface area contributed by atoms with Crippen molar-refractivity contribution in [3.05, 3.63) is 48.5 Å². The zero-order chi connectivity index (χ0) is 21.9. The van der Waals surface area contributed by atoms with E-state index in [1.54, 1.807) is 7.11 Å². The molecule has 7 heteroatoms. The standard InChI is InChI=1S/C24H33N3O4/c1-3-26(13-4-16-31-23-11-9-22(29-2)10-12-23)19-24(28)25-20-5-7-21(8-6-20)27-14-17-30-18-15-27/h5-12H,3-4,13-19H2,1-2H3,(H,25,28). The van der Waals surface area contributed by atoms with Crippen LogP contribution in [-0.2, 0) is 9.53 Å². The van der Waals surface area contributed by atoms with Crippen LogP contribution in [-0.4, -0.2) is 70.5 Å². The molecule has 31 heavy (non-hydrogen) atoms. The lowest BCUT2D eigenvalue weighted by Gasteiger charge is -2.29. The van der Waals surface area contributed by atoms with Crippen LogP contribution in [0.15, 0.2) is 48.5 Å². The molecule has 0 aliphatic carbocycles. The van der Waals surface area contributed by atoms with Gasteiger partial charge in [-0.3, -0.25) is 9.69 Å². The van der Waals surface area contributed by atoms with Crippen LogP contribution in [0.5, 0.6) is 11.5 Å². The Morgan fingerprint density at radius 1 is 1.06 bits per heavy atom. The second-order valence-electron chi connectivity index (χ2n) is 7.44. The van der Waals surface area contributed by atoms with Crippen molar-refractivity contribution in [3.8, 4) is 11.5 Å². The second-order valence-corrected chi connectivity index (χ2v) is 7.44. The van der Waals surface area contributed by atoms with E-state index in [1.807, 2.05) is 36.4 Å². The average Bonchev–Trinajstić information content (AvgIpc) is 2.82. The van der Waals surface area contributed by atoms with Gasteiger partial charge in [-0.05, 0) is 61.5 Å². The minimum Gasteiger partial charge on any atom is -0.497 e. The summed E-state index contributed by atoms with van der Waals surface area (Å²) in [6, 6.07) is 15.6. The van der Waals surface area contributed by atoms with Gasteiger partial charge in [0.05, 0.1) is 33.5 Å². The fourth-order valence-corrected chi connectivity index (χ4v) is 3.48. The fourth-order valence-electron chi connectivity index (χ4n) is 3.48. The molecule has 0 spiro atoms. The molecule has 3 rings (SSSR count). The van der Waals surface area contributed by atoms with E-state index in [1.165, 1.54) is 0 Å². The number of hydrogen-bond acceptors (Lipinski definition) is 6. The monoisotopic (exact) mass is 427 g/mol. The molecule has 1 heterocycles. The van der Waals surface area contributed by atoms with Crippen molar-refractivity contribution in [2.45, 2.75) is 13.3 Å². The largest absolute Gasteiger partial charge is 0.497 e. The minimum atomic E-state index is -0.00274. The highest BCUT2D eigenvalue weighted by molar-refractivity contribution is 5.92. The lowest BCUT2D eigenvalue weighted by Crippen LogP contribution is -2.36. The molecule has 1 amide bonds. The maximum Gasteiger partial charge on any atom is 0.238 e. The summed E-state index contributed by atoms with van der Waals surface area (Å²) in [4.78, 5) is 16.9. The summed E-state index contributed by atoms with van der Waals surface area (Å²) in [6.07, 6.45) is 0.849. The number of rotatable bonds is 11. The van der Waals surface area contributed by atoms with Crippen LogP contribution in [0.1, 0.15) is 13.3 Å². The molecule has 2 aromatic carbocycles. The van der Waals surface area contributed by atoms with Crippen molar-refractivity contribution in [3.63, 3.8) is 0 Å². The SMILES string of the molecule is CCN(CCCOc1ccc(OC)cc1)CC(=O)Nc1ccc(N2CCOCC2)cc1. The number of carbonyl (C=O) groups excluding carboxylic acids is 1. The Bertz CT molecular complexity index is 789. The molecule has 0 saturated carbocycles. The number of hydrogen-bond donors (Lipinski definition) is 1. The number of methoxy groups -OCH3 is 1. The molecular weight excluding hydrogens is 394 g/mol. The van der Waals surface area contributed by atoms with Crippen molar-refractivity contribution in [1.82, 2.24) is 4.90 Å². The number of nitrogens with one attached hydrogen (secondary N) is 1. The van der Waals surface area contributed by atoms with Crippen molar-refractivity contribution in [2.75, 3.05) is 69.9 Å². The van der Waals surface area contributed by atoms with Gasteiger partial charge in [0.1, 0.15) is 11.5 Å². The summed E-state index contributed by atoms with van der Waals surface area (Å²) in [5.41, 5.74) is 1.98. The van der Waals surface area contributed by atoms with Gasteiger partial charge in [0.15, 0.2) is 0 Å². The van der Waals surface area contributed by atoms with Crippen molar-refractivity contribution in [1.29, 1.82) is 0 Å². The van der Waals surface area contributed by atoms with Crippen LogP contribution in [0.3, 0.4) is 0 Å². The Balaban J connectivity index is 1.37. The van der Waals surface area contributed by atoms with Crippen LogP contribution in [0.2, 0.25) is 0 Å². The molecule has 0 unspecified atom stereocenters. The summed E-state index contributed by atoms with van der Waals surface area (Å²) < 4.78 is 16.3. The maximum atomic E-state index is 12.5. The molecule has 168 valence electrons. The minimum absolute atomic E-state index is 0.00274. The summed E-state index contributed by atoms with van der Waals surface area (Å²) in [7, 11) is 1.64. The van der Waals surface area contributed by atoms with E-state index < -0.39 is 0 Å². The van der Waals surface area contributed by atoms with E-state index in [4.69, 9.17) is 14.2 Å². The Labute approximate surface area is 184 Å². The molecule has 1 aliphatic heterocycles. The lowest BCUT2D eigenvalue weighted by molar-refractivity contribution is -0.117. The van der Waals surface area contributed by atoms with E-state index in [-0.39, 0.29) is 5.91 Å². The van der Waals surface area contributed by atoms with Gasteiger partial charge in [-0.25, -0.2) is 0 Å². The summed E-state index contributed by atoms with van der Waals surface area (Å²) >= 11 is 0. The molecule has 2 aromatic rings. The van der Waals surface area contributed by atoms with E-state index in [9.17, 15) is 4.79 Å². The molecule has 1 aliphatic rings. The highest BCUT2D eigenvalue weighted by Crippen LogP contribution is 2.19. The van der Waals surface area contributed by atoms with Crippen molar-refractivity contribution >= 4 is 17.3 Å². The Morgan fingerprint density at radius 2 is 1.74 bits per heavy atom. The highest BCUT2D eigenvalue weighted by atomic mass is 16.5.